The number of nitrogens with zero attached hydrogens (tertiary/aromatic N) is 1. The SMILES string of the molecule is CCC1c2ccsc2CCN1C(=O)c1cccc(C(N)=O)c1. The minimum absolute atomic E-state index is 0.0354. The Morgan fingerprint density at radius 3 is 2.82 bits per heavy atom. The van der Waals surface area contributed by atoms with E-state index in [4.69, 9.17) is 5.73 Å². The van der Waals surface area contributed by atoms with Gasteiger partial charge < -0.3 is 10.6 Å². The van der Waals surface area contributed by atoms with Crippen LogP contribution in [0.5, 0.6) is 0 Å². The van der Waals surface area contributed by atoms with Crippen LogP contribution in [0.4, 0.5) is 0 Å². The maximum absolute atomic E-state index is 12.9. The number of carbonyl (C=O) groups is 2. The molecule has 0 fully saturated rings. The van der Waals surface area contributed by atoms with Gasteiger partial charge in [0.1, 0.15) is 0 Å². The first-order valence-corrected chi connectivity index (χ1v) is 8.27. The van der Waals surface area contributed by atoms with Crippen LogP contribution in [0.15, 0.2) is 35.7 Å². The second-order valence-electron chi connectivity index (χ2n) is 5.42. The molecule has 2 heterocycles. The van der Waals surface area contributed by atoms with Crippen LogP contribution in [0, 0.1) is 0 Å². The molecular weight excluding hydrogens is 296 g/mol. The smallest absolute Gasteiger partial charge is 0.254 e. The summed E-state index contributed by atoms with van der Waals surface area (Å²) in [6, 6.07) is 8.89. The Hall–Kier alpha value is -2.14. The molecule has 0 spiro atoms. The normalized spacial score (nSPS) is 17.1. The monoisotopic (exact) mass is 314 g/mol. The number of primary amides is 1. The molecule has 0 radical (unpaired) electrons. The first-order chi connectivity index (χ1) is 10.6. The highest BCUT2D eigenvalue weighted by Gasteiger charge is 2.30. The Kier molecular flexibility index (Phi) is 3.98. The van der Waals surface area contributed by atoms with Gasteiger partial charge in [0.05, 0.1) is 6.04 Å². The molecule has 4 nitrogen and oxygen atoms in total. The number of hydrogen-bond acceptors (Lipinski definition) is 3. The fourth-order valence-electron chi connectivity index (χ4n) is 3.05. The summed E-state index contributed by atoms with van der Waals surface area (Å²) in [5.74, 6) is -0.549. The zero-order valence-corrected chi connectivity index (χ0v) is 13.2. The maximum Gasteiger partial charge on any atom is 0.254 e. The van der Waals surface area contributed by atoms with E-state index in [1.165, 1.54) is 10.4 Å². The summed E-state index contributed by atoms with van der Waals surface area (Å²) in [5.41, 5.74) is 7.45. The molecule has 2 aromatic rings. The van der Waals surface area contributed by atoms with Crippen LogP contribution in [0.3, 0.4) is 0 Å². The van der Waals surface area contributed by atoms with Gasteiger partial charge >= 0.3 is 0 Å². The predicted molar refractivity (Wildman–Crippen MR) is 87.1 cm³/mol. The van der Waals surface area contributed by atoms with Crippen molar-refractivity contribution in [1.82, 2.24) is 4.90 Å². The summed E-state index contributed by atoms with van der Waals surface area (Å²) in [4.78, 5) is 27.4. The van der Waals surface area contributed by atoms with Gasteiger partial charge in [-0.3, -0.25) is 9.59 Å². The summed E-state index contributed by atoms with van der Waals surface area (Å²) in [6.07, 6.45) is 1.77. The van der Waals surface area contributed by atoms with Crippen LogP contribution >= 0.6 is 11.3 Å². The van der Waals surface area contributed by atoms with Crippen molar-refractivity contribution in [2.45, 2.75) is 25.8 Å². The van der Waals surface area contributed by atoms with E-state index in [-0.39, 0.29) is 11.9 Å². The lowest BCUT2D eigenvalue weighted by Crippen LogP contribution is -2.39. The van der Waals surface area contributed by atoms with Gasteiger partial charge in [-0.15, -0.1) is 11.3 Å². The summed E-state index contributed by atoms with van der Waals surface area (Å²) < 4.78 is 0. The van der Waals surface area contributed by atoms with E-state index in [9.17, 15) is 9.59 Å². The van der Waals surface area contributed by atoms with Gasteiger partial charge in [-0.2, -0.15) is 0 Å². The van der Waals surface area contributed by atoms with E-state index in [2.05, 4.69) is 18.4 Å². The molecule has 114 valence electrons. The van der Waals surface area contributed by atoms with Gasteiger partial charge in [-0.05, 0) is 48.1 Å². The van der Waals surface area contributed by atoms with E-state index in [0.717, 1.165) is 12.8 Å². The highest BCUT2D eigenvalue weighted by Crippen LogP contribution is 2.35. The van der Waals surface area contributed by atoms with Gasteiger partial charge in [-0.25, -0.2) is 0 Å². The number of fused-ring (bicyclic) bond motifs is 1. The van der Waals surface area contributed by atoms with Crippen LogP contribution in [0.2, 0.25) is 0 Å². The maximum atomic E-state index is 12.9. The average molecular weight is 314 g/mol. The molecule has 0 saturated heterocycles. The zero-order valence-electron chi connectivity index (χ0n) is 12.4. The molecule has 1 atom stereocenters. The Morgan fingerprint density at radius 2 is 2.09 bits per heavy atom. The van der Waals surface area contributed by atoms with Crippen molar-refractivity contribution in [2.75, 3.05) is 6.54 Å². The number of benzene rings is 1. The fraction of sp³-hybridized carbons (Fsp3) is 0.294. The first kappa shape index (κ1) is 14.8. The highest BCUT2D eigenvalue weighted by molar-refractivity contribution is 7.10. The van der Waals surface area contributed by atoms with Crippen molar-refractivity contribution < 1.29 is 9.59 Å². The van der Waals surface area contributed by atoms with Crippen molar-refractivity contribution in [3.8, 4) is 0 Å². The number of thiophene rings is 1. The molecule has 2 N–H and O–H groups in total. The number of amides is 2. The Bertz CT molecular complexity index is 723. The lowest BCUT2D eigenvalue weighted by molar-refractivity contribution is 0.0657. The van der Waals surface area contributed by atoms with Crippen LogP contribution in [0.25, 0.3) is 0 Å². The summed E-state index contributed by atoms with van der Waals surface area (Å²) >= 11 is 1.76. The second kappa shape index (κ2) is 5.93. The predicted octanol–water partition coefficient (Wildman–Crippen LogP) is 3.00. The average Bonchev–Trinajstić information content (AvgIpc) is 3.01. The second-order valence-corrected chi connectivity index (χ2v) is 6.42. The first-order valence-electron chi connectivity index (χ1n) is 7.39. The number of rotatable bonds is 3. The fourth-order valence-corrected chi connectivity index (χ4v) is 3.98. The number of carbonyl (C=O) groups excluding carboxylic acids is 2. The molecular formula is C17H18N2O2S. The van der Waals surface area contributed by atoms with Crippen LogP contribution < -0.4 is 5.73 Å². The molecule has 0 saturated carbocycles. The van der Waals surface area contributed by atoms with Crippen molar-refractivity contribution in [3.63, 3.8) is 0 Å². The number of hydrogen-bond donors (Lipinski definition) is 1. The lowest BCUT2D eigenvalue weighted by Gasteiger charge is -2.35. The van der Waals surface area contributed by atoms with Gasteiger partial charge in [-0.1, -0.05) is 13.0 Å². The van der Waals surface area contributed by atoms with Gasteiger partial charge in [0, 0.05) is 22.5 Å². The van der Waals surface area contributed by atoms with Crippen molar-refractivity contribution in [2.24, 2.45) is 5.73 Å². The van der Waals surface area contributed by atoms with Crippen molar-refractivity contribution in [3.05, 3.63) is 57.3 Å². The third kappa shape index (κ3) is 2.52. The van der Waals surface area contributed by atoms with Gasteiger partial charge in [0.25, 0.3) is 5.91 Å². The van der Waals surface area contributed by atoms with E-state index < -0.39 is 5.91 Å². The Labute approximate surface area is 133 Å². The van der Waals surface area contributed by atoms with E-state index in [1.807, 2.05) is 4.90 Å². The molecule has 1 aromatic heterocycles. The van der Waals surface area contributed by atoms with Gasteiger partial charge in [0.15, 0.2) is 0 Å². The third-order valence-electron chi connectivity index (χ3n) is 4.14. The molecule has 1 aliphatic rings. The minimum Gasteiger partial charge on any atom is -0.366 e. The summed E-state index contributed by atoms with van der Waals surface area (Å²) in [7, 11) is 0. The molecule has 22 heavy (non-hydrogen) atoms. The van der Waals surface area contributed by atoms with Crippen molar-refractivity contribution in [1.29, 1.82) is 0 Å². The molecule has 1 aliphatic heterocycles. The minimum atomic E-state index is -0.513. The van der Waals surface area contributed by atoms with Crippen LogP contribution in [0.1, 0.15) is 50.5 Å². The molecule has 3 rings (SSSR count). The lowest BCUT2D eigenvalue weighted by atomic mass is 9.96. The van der Waals surface area contributed by atoms with Crippen LogP contribution in [-0.4, -0.2) is 23.3 Å². The molecule has 0 bridgehead atoms. The van der Waals surface area contributed by atoms with Crippen LogP contribution in [-0.2, 0) is 6.42 Å². The summed E-state index contributed by atoms with van der Waals surface area (Å²) in [6.45, 7) is 2.81. The molecule has 1 unspecified atom stereocenters. The van der Waals surface area contributed by atoms with E-state index in [0.29, 0.717) is 17.7 Å². The highest BCUT2D eigenvalue weighted by atomic mass is 32.1. The quantitative estimate of drug-likeness (QED) is 0.946. The summed E-state index contributed by atoms with van der Waals surface area (Å²) in [5, 5.41) is 2.09. The molecule has 0 aliphatic carbocycles. The van der Waals surface area contributed by atoms with Gasteiger partial charge in [0.2, 0.25) is 5.91 Å². The Balaban J connectivity index is 1.92. The molecule has 2 amide bonds. The zero-order chi connectivity index (χ0) is 15.7. The number of nitrogens with two attached hydrogens (primary N) is 1. The third-order valence-corrected chi connectivity index (χ3v) is 5.13. The Morgan fingerprint density at radius 1 is 1.32 bits per heavy atom. The van der Waals surface area contributed by atoms with Crippen molar-refractivity contribution >= 4 is 23.2 Å². The standard InChI is InChI=1S/C17H18N2O2S/c1-2-14-13-7-9-22-15(13)6-8-19(14)17(21)12-5-3-4-11(10-12)16(18)20/h3-5,7,9-10,14H,2,6,8H2,1H3,(H2,18,20). The van der Waals surface area contributed by atoms with E-state index in [1.54, 1.807) is 35.6 Å². The van der Waals surface area contributed by atoms with E-state index >= 15 is 0 Å². The topological polar surface area (TPSA) is 63.4 Å². The largest absolute Gasteiger partial charge is 0.366 e. The molecule has 1 aromatic carbocycles. The molecule has 5 heteroatoms.